The van der Waals surface area contributed by atoms with Crippen molar-refractivity contribution in [3.63, 3.8) is 0 Å². The Kier molecular flexibility index (Phi) is 3.48. The van der Waals surface area contributed by atoms with Crippen molar-refractivity contribution in [3.05, 3.63) is 33.8 Å². The van der Waals surface area contributed by atoms with Gasteiger partial charge in [0.25, 0.3) is 0 Å². The number of benzene rings is 1. The maximum atomic E-state index is 11.4. The minimum Gasteiger partial charge on any atom is -0.462 e. The lowest BCUT2D eigenvalue weighted by Crippen LogP contribution is -2.05. The van der Waals surface area contributed by atoms with Crippen LogP contribution in [-0.2, 0) is 4.74 Å². The Morgan fingerprint density at radius 1 is 1.54 bits per heavy atom. The van der Waals surface area contributed by atoms with Gasteiger partial charge in [0.05, 0.1) is 12.2 Å². The van der Waals surface area contributed by atoms with Crippen LogP contribution in [0.15, 0.2) is 22.7 Å². The van der Waals surface area contributed by atoms with Gasteiger partial charge in [-0.2, -0.15) is 0 Å². The molecule has 0 N–H and O–H groups in total. The Labute approximate surface area is 86.0 Å². The van der Waals surface area contributed by atoms with Gasteiger partial charge in [0.15, 0.2) is 0 Å². The first-order valence-electron chi connectivity index (χ1n) is 4.08. The Morgan fingerprint density at radius 3 is 2.85 bits per heavy atom. The summed E-state index contributed by atoms with van der Waals surface area (Å²) in [5, 5.41) is 0. The maximum absolute atomic E-state index is 11.4. The van der Waals surface area contributed by atoms with Crippen molar-refractivity contribution in [3.8, 4) is 0 Å². The summed E-state index contributed by atoms with van der Waals surface area (Å²) in [5.41, 5.74) is 1.63. The predicted octanol–water partition coefficient (Wildman–Crippen LogP) is 2.93. The smallest absolute Gasteiger partial charge is 0.339 e. The Hall–Kier alpha value is -0.830. The molecule has 1 aromatic carbocycles. The zero-order valence-corrected chi connectivity index (χ0v) is 9.22. The second-order valence-electron chi connectivity index (χ2n) is 2.70. The number of carbonyl (C=O) groups is 1. The van der Waals surface area contributed by atoms with Gasteiger partial charge in [0, 0.05) is 4.47 Å². The molecule has 0 fully saturated rings. The van der Waals surface area contributed by atoms with Crippen LogP contribution in [0.25, 0.3) is 0 Å². The van der Waals surface area contributed by atoms with Gasteiger partial charge in [-0.3, -0.25) is 0 Å². The van der Waals surface area contributed by atoms with Gasteiger partial charge < -0.3 is 4.74 Å². The molecule has 0 heterocycles. The van der Waals surface area contributed by atoms with Gasteiger partial charge in [0.1, 0.15) is 0 Å². The minimum atomic E-state index is -0.280. The van der Waals surface area contributed by atoms with E-state index in [4.69, 9.17) is 4.74 Å². The molecule has 0 radical (unpaired) electrons. The van der Waals surface area contributed by atoms with E-state index in [9.17, 15) is 4.79 Å². The Balaban J connectivity index is 2.99. The second kappa shape index (κ2) is 4.42. The van der Waals surface area contributed by atoms with E-state index >= 15 is 0 Å². The highest BCUT2D eigenvalue weighted by atomic mass is 79.9. The molecule has 70 valence electrons. The molecule has 0 bridgehead atoms. The highest BCUT2D eigenvalue weighted by Crippen LogP contribution is 2.18. The molecule has 0 atom stereocenters. The van der Waals surface area contributed by atoms with Crippen LogP contribution < -0.4 is 0 Å². The first-order valence-corrected chi connectivity index (χ1v) is 4.87. The molecule has 0 spiro atoms. The summed E-state index contributed by atoms with van der Waals surface area (Å²) in [4.78, 5) is 11.4. The van der Waals surface area contributed by atoms with E-state index < -0.39 is 0 Å². The lowest BCUT2D eigenvalue weighted by atomic mass is 10.1. The average molecular weight is 243 g/mol. The number of carbonyl (C=O) groups excluding carboxylic acids is 1. The zero-order chi connectivity index (χ0) is 9.84. The van der Waals surface area contributed by atoms with Crippen molar-refractivity contribution in [2.75, 3.05) is 6.61 Å². The largest absolute Gasteiger partial charge is 0.462 e. The van der Waals surface area contributed by atoms with E-state index in [1.54, 1.807) is 6.92 Å². The monoisotopic (exact) mass is 242 g/mol. The summed E-state index contributed by atoms with van der Waals surface area (Å²) in [7, 11) is 0. The van der Waals surface area contributed by atoms with Gasteiger partial charge in [-0.1, -0.05) is 11.6 Å². The normalized spacial score (nSPS) is 9.77. The molecule has 0 aliphatic heterocycles. The first-order chi connectivity index (χ1) is 6.15. The average Bonchev–Trinajstić information content (AvgIpc) is 2.09. The van der Waals surface area contributed by atoms with Gasteiger partial charge in [-0.15, -0.1) is 0 Å². The molecule has 0 aliphatic carbocycles. The summed E-state index contributed by atoms with van der Waals surface area (Å²) in [5.74, 6) is -0.280. The van der Waals surface area contributed by atoms with E-state index in [0.717, 1.165) is 10.0 Å². The number of hydrogen-bond acceptors (Lipinski definition) is 2. The molecule has 3 heteroatoms. The summed E-state index contributed by atoms with van der Waals surface area (Å²) >= 11 is 3.30. The SMILES string of the molecule is CCOC(=O)c1cc(C)ccc1Br. The van der Waals surface area contributed by atoms with Crippen LogP contribution in [0.5, 0.6) is 0 Å². The van der Waals surface area contributed by atoms with Crippen LogP contribution in [0, 0.1) is 6.92 Å². The fourth-order valence-corrected chi connectivity index (χ4v) is 1.41. The van der Waals surface area contributed by atoms with E-state index in [2.05, 4.69) is 15.9 Å². The van der Waals surface area contributed by atoms with Crippen molar-refractivity contribution in [1.82, 2.24) is 0 Å². The molecule has 2 nitrogen and oxygen atoms in total. The third-order valence-electron chi connectivity index (χ3n) is 1.62. The van der Waals surface area contributed by atoms with E-state index in [1.807, 2.05) is 25.1 Å². The van der Waals surface area contributed by atoms with Crippen LogP contribution in [-0.4, -0.2) is 12.6 Å². The molecule has 1 aromatic rings. The summed E-state index contributed by atoms with van der Waals surface area (Å²) in [6, 6.07) is 5.59. The molecular formula is C10H11BrO2. The van der Waals surface area contributed by atoms with Gasteiger partial charge in [0.2, 0.25) is 0 Å². The van der Waals surface area contributed by atoms with Crippen molar-refractivity contribution < 1.29 is 9.53 Å². The number of aryl methyl sites for hydroxylation is 1. The molecule has 0 aliphatic rings. The van der Waals surface area contributed by atoms with Crippen LogP contribution in [0.1, 0.15) is 22.8 Å². The predicted molar refractivity (Wildman–Crippen MR) is 54.8 cm³/mol. The number of halogens is 1. The van der Waals surface area contributed by atoms with Gasteiger partial charge in [-0.05, 0) is 41.9 Å². The molecule has 0 amide bonds. The third kappa shape index (κ3) is 2.56. The quantitative estimate of drug-likeness (QED) is 0.746. The molecular weight excluding hydrogens is 232 g/mol. The third-order valence-corrected chi connectivity index (χ3v) is 2.31. The molecule has 0 unspecified atom stereocenters. The first kappa shape index (κ1) is 10.3. The molecule has 0 aromatic heterocycles. The molecule has 0 saturated heterocycles. The van der Waals surface area contributed by atoms with E-state index in [1.165, 1.54) is 0 Å². The summed E-state index contributed by atoms with van der Waals surface area (Å²) < 4.78 is 5.67. The standard InChI is InChI=1S/C10H11BrO2/c1-3-13-10(12)8-6-7(2)4-5-9(8)11/h4-6H,3H2,1-2H3. The second-order valence-corrected chi connectivity index (χ2v) is 3.56. The van der Waals surface area contributed by atoms with Crippen molar-refractivity contribution in [2.45, 2.75) is 13.8 Å². The number of ether oxygens (including phenoxy) is 1. The highest BCUT2D eigenvalue weighted by molar-refractivity contribution is 9.10. The number of esters is 1. The fraction of sp³-hybridized carbons (Fsp3) is 0.300. The molecule has 0 saturated carbocycles. The molecule has 13 heavy (non-hydrogen) atoms. The van der Waals surface area contributed by atoms with Crippen molar-refractivity contribution in [2.24, 2.45) is 0 Å². The lowest BCUT2D eigenvalue weighted by Gasteiger charge is -2.04. The summed E-state index contributed by atoms with van der Waals surface area (Å²) in [6.45, 7) is 4.13. The Morgan fingerprint density at radius 2 is 2.23 bits per heavy atom. The lowest BCUT2D eigenvalue weighted by molar-refractivity contribution is 0.0525. The van der Waals surface area contributed by atoms with E-state index in [0.29, 0.717) is 12.2 Å². The minimum absolute atomic E-state index is 0.280. The van der Waals surface area contributed by atoms with Gasteiger partial charge in [-0.25, -0.2) is 4.79 Å². The number of hydrogen-bond donors (Lipinski definition) is 0. The van der Waals surface area contributed by atoms with Crippen LogP contribution in [0.2, 0.25) is 0 Å². The van der Waals surface area contributed by atoms with Crippen LogP contribution in [0.3, 0.4) is 0 Å². The Bertz CT molecular complexity index is 321. The van der Waals surface area contributed by atoms with Gasteiger partial charge >= 0.3 is 5.97 Å². The van der Waals surface area contributed by atoms with Crippen LogP contribution >= 0.6 is 15.9 Å². The highest BCUT2D eigenvalue weighted by Gasteiger charge is 2.10. The molecule has 1 rings (SSSR count). The van der Waals surface area contributed by atoms with Crippen LogP contribution in [0.4, 0.5) is 0 Å². The van der Waals surface area contributed by atoms with Crippen molar-refractivity contribution in [1.29, 1.82) is 0 Å². The number of rotatable bonds is 2. The fourth-order valence-electron chi connectivity index (χ4n) is 1.00. The maximum Gasteiger partial charge on any atom is 0.339 e. The summed E-state index contributed by atoms with van der Waals surface area (Å²) in [6.07, 6.45) is 0. The topological polar surface area (TPSA) is 26.3 Å². The van der Waals surface area contributed by atoms with Crippen molar-refractivity contribution >= 4 is 21.9 Å². The van der Waals surface area contributed by atoms with E-state index in [-0.39, 0.29) is 5.97 Å². The zero-order valence-electron chi connectivity index (χ0n) is 7.63.